The van der Waals surface area contributed by atoms with Crippen molar-refractivity contribution in [3.8, 4) is 0 Å². The van der Waals surface area contributed by atoms with Crippen molar-refractivity contribution in [3.63, 3.8) is 0 Å². The summed E-state index contributed by atoms with van der Waals surface area (Å²) in [7, 11) is 0. The van der Waals surface area contributed by atoms with Crippen LogP contribution in [0.15, 0.2) is 0 Å². The third-order valence-corrected chi connectivity index (χ3v) is 6.06. The molecule has 0 bridgehead atoms. The first-order valence-electron chi connectivity index (χ1n) is 7.30. The second kappa shape index (κ2) is 4.70. The zero-order valence-electron chi connectivity index (χ0n) is 12.6. The summed E-state index contributed by atoms with van der Waals surface area (Å²) in [6.45, 7) is 17.3. The normalized spacial score (nSPS) is 40.7. The molecule has 0 saturated heterocycles. The van der Waals surface area contributed by atoms with E-state index in [0.29, 0.717) is 10.8 Å². The highest BCUT2D eigenvalue weighted by molar-refractivity contribution is 5.00. The lowest BCUT2D eigenvalue weighted by Crippen LogP contribution is -2.49. The summed E-state index contributed by atoms with van der Waals surface area (Å²) in [5, 5.41) is 0. The average Bonchev–Trinajstić information content (AvgIpc) is 2.23. The molecule has 1 saturated carbocycles. The zero-order valence-corrected chi connectivity index (χ0v) is 12.6. The van der Waals surface area contributed by atoms with Gasteiger partial charge in [-0.3, -0.25) is 0 Å². The van der Waals surface area contributed by atoms with Crippen LogP contribution in [0.1, 0.15) is 74.1 Å². The van der Waals surface area contributed by atoms with Crippen molar-refractivity contribution < 1.29 is 0 Å². The van der Waals surface area contributed by atoms with Crippen molar-refractivity contribution >= 4 is 0 Å². The van der Waals surface area contributed by atoms with Crippen LogP contribution in [0, 0.1) is 28.6 Å². The Balaban J connectivity index is 3.08. The summed E-state index contributed by atoms with van der Waals surface area (Å²) < 4.78 is 0. The van der Waals surface area contributed by atoms with Gasteiger partial charge in [-0.15, -0.1) is 0 Å². The number of hydrogen-bond acceptors (Lipinski definition) is 0. The molecule has 4 atom stereocenters. The maximum Gasteiger partial charge on any atom is -0.0241 e. The molecule has 0 aromatic carbocycles. The molecular weight excluding hydrogens is 192 g/mol. The van der Waals surface area contributed by atoms with E-state index in [1.54, 1.807) is 0 Å². The first-order valence-corrected chi connectivity index (χ1v) is 7.30. The monoisotopic (exact) mass is 224 g/mol. The van der Waals surface area contributed by atoms with Gasteiger partial charge in [0.2, 0.25) is 0 Å². The van der Waals surface area contributed by atoms with Gasteiger partial charge in [0, 0.05) is 0 Å². The summed E-state index contributed by atoms with van der Waals surface area (Å²) in [4.78, 5) is 0. The van der Waals surface area contributed by atoms with E-state index < -0.39 is 0 Å². The van der Waals surface area contributed by atoms with E-state index in [1.807, 2.05) is 0 Å². The van der Waals surface area contributed by atoms with E-state index in [1.165, 1.54) is 25.7 Å². The smallest absolute Gasteiger partial charge is 0.0241 e. The Morgan fingerprint density at radius 1 is 1.19 bits per heavy atom. The van der Waals surface area contributed by atoms with Crippen molar-refractivity contribution in [2.75, 3.05) is 0 Å². The average molecular weight is 224 g/mol. The van der Waals surface area contributed by atoms with Gasteiger partial charge in [-0.2, -0.15) is 0 Å². The molecule has 0 heterocycles. The molecule has 1 aliphatic carbocycles. The van der Waals surface area contributed by atoms with Crippen molar-refractivity contribution in [3.05, 3.63) is 0 Å². The lowest BCUT2D eigenvalue weighted by atomic mass is 9.48. The highest BCUT2D eigenvalue weighted by Gasteiger charge is 2.50. The quantitative estimate of drug-likeness (QED) is 0.592. The molecule has 4 unspecified atom stereocenters. The third kappa shape index (κ3) is 2.05. The first-order chi connectivity index (χ1) is 7.30. The van der Waals surface area contributed by atoms with Crippen LogP contribution in [0.5, 0.6) is 0 Å². The molecule has 0 heteroatoms. The van der Waals surface area contributed by atoms with E-state index in [4.69, 9.17) is 0 Å². The lowest BCUT2D eigenvalue weighted by Gasteiger charge is -2.57. The van der Waals surface area contributed by atoms with Crippen LogP contribution >= 0.6 is 0 Å². The summed E-state index contributed by atoms with van der Waals surface area (Å²) in [6, 6.07) is 0. The van der Waals surface area contributed by atoms with Crippen molar-refractivity contribution in [2.45, 2.75) is 74.1 Å². The van der Waals surface area contributed by atoms with Gasteiger partial charge < -0.3 is 0 Å². The van der Waals surface area contributed by atoms with Crippen LogP contribution in [0.3, 0.4) is 0 Å². The minimum Gasteiger partial charge on any atom is -0.0651 e. The van der Waals surface area contributed by atoms with Gasteiger partial charge in [0.05, 0.1) is 0 Å². The van der Waals surface area contributed by atoms with Gasteiger partial charge in [0.25, 0.3) is 0 Å². The van der Waals surface area contributed by atoms with Crippen LogP contribution in [-0.2, 0) is 0 Å². The fraction of sp³-hybridized carbons (Fsp3) is 1.00. The van der Waals surface area contributed by atoms with Gasteiger partial charge in [0.1, 0.15) is 0 Å². The summed E-state index contributed by atoms with van der Waals surface area (Å²) in [5.41, 5.74) is 1.09. The Labute approximate surface area is 103 Å². The fourth-order valence-corrected chi connectivity index (χ4v) is 4.52. The topological polar surface area (TPSA) is 0 Å². The Hall–Kier alpha value is 0. The van der Waals surface area contributed by atoms with Gasteiger partial charge in [0.15, 0.2) is 0 Å². The predicted molar refractivity (Wildman–Crippen MR) is 73.5 cm³/mol. The maximum absolute atomic E-state index is 2.57. The SMILES string of the molecule is CCC(C)C1(C)C(C)CCC(C)(C)C1CC. The number of rotatable bonds is 3. The lowest BCUT2D eigenvalue weighted by molar-refractivity contribution is -0.0800. The Kier molecular flexibility index (Phi) is 4.13. The van der Waals surface area contributed by atoms with Crippen molar-refractivity contribution in [2.24, 2.45) is 28.6 Å². The molecule has 0 aliphatic heterocycles. The van der Waals surface area contributed by atoms with E-state index in [-0.39, 0.29) is 0 Å². The van der Waals surface area contributed by atoms with Crippen LogP contribution in [0.4, 0.5) is 0 Å². The molecule has 0 aromatic heterocycles. The molecular formula is C16H32. The van der Waals surface area contributed by atoms with Crippen LogP contribution in [0.25, 0.3) is 0 Å². The van der Waals surface area contributed by atoms with Crippen molar-refractivity contribution in [1.82, 2.24) is 0 Å². The summed E-state index contributed by atoms with van der Waals surface area (Å²) in [5.74, 6) is 2.63. The van der Waals surface area contributed by atoms with E-state index in [0.717, 1.165) is 17.8 Å². The molecule has 0 radical (unpaired) electrons. The maximum atomic E-state index is 2.57. The fourth-order valence-electron chi connectivity index (χ4n) is 4.52. The molecule has 0 spiro atoms. The zero-order chi connectivity index (χ0) is 12.6. The Morgan fingerprint density at radius 2 is 1.75 bits per heavy atom. The Bertz CT molecular complexity index is 222. The minimum absolute atomic E-state index is 0.541. The van der Waals surface area contributed by atoms with Crippen molar-refractivity contribution in [1.29, 1.82) is 0 Å². The van der Waals surface area contributed by atoms with Gasteiger partial charge in [-0.1, -0.05) is 61.3 Å². The van der Waals surface area contributed by atoms with E-state index >= 15 is 0 Å². The molecule has 16 heavy (non-hydrogen) atoms. The number of hydrogen-bond donors (Lipinski definition) is 0. The van der Waals surface area contributed by atoms with Gasteiger partial charge in [-0.05, 0) is 41.4 Å². The standard InChI is InChI=1S/C16H32/c1-8-12(3)16(7)13(4)10-11-15(5,6)14(16)9-2/h12-14H,8-11H2,1-7H3. The van der Waals surface area contributed by atoms with Crippen LogP contribution in [0.2, 0.25) is 0 Å². The minimum atomic E-state index is 0.541. The highest BCUT2D eigenvalue weighted by atomic mass is 14.6. The van der Waals surface area contributed by atoms with Crippen LogP contribution in [-0.4, -0.2) is 0 Å². The van der Waals surface area contributed by atoms with Crippen LogP contribution < -0.4 is 0 Å². The highest BCUT2D eigenvalue weighted by Crippen LogP contribution is 2.58. The molecule has 96 valence electrons. The second-order valence-corrected chi connectivity index (χ2v) is 7.06. The first kappa shape index (κ1) is 14.1. The van der Waals surface area contributed by atoms with E-state index in [2.05, 4.69) is 48.5 Å². The second-order valence-electron chi connectivity index (χ2n) is 7.06. The summed E-state index contributed by atoms with van der Waals surface area (Å²) in [6.07, 6.45) is 5.51. The summed E-state index contributed by atoms with van der Waals surface area (Å²) >= 11 is 0. The van der Waals surface area contributed by atoms with Gasteiger partial charge in [-0.25, -0.2) is 0 Å². The molecule has 1 rings (SSSR count). The molecule has 1 aliphatic rings. The molecule has 0 N–H and O–H groups in total. The largest absolute Gasteiger partial charge is 0.0651 e. The van der Waals surface area contributed by atoms with Gasteiger partial charge >= 0.3 is 0 Å². The molecule has 0 nitrogen and oxygen atoms in total. The third-order valence-electron chi connectivity index (χ3n) is 6.06. The molecule has 0 amide bonds. The molecule has 1 fully saturated rings. The van der Waals surface area contributed by atoms with E-state index in [9.17, 15) is 0 Å². The Morgan fingerprint density at radius 3 is 2.19 bits per heavy atom. The predicted octanol–water partition coefficient (Wildman–Crippen LogP) is 5.52. The molecule has 0 aromatic rings.